The minimum atomic E-state index is -0.943. The zero-order valence-electron chi connectivity index (χ0n) is 11.0. The van der Waals surface area contributed by atoms with Gasteiger partial charge in [-0.3, -0.25) is 4.79 Å². The Morgan fingerprint density at radius 1 is 1.32 bits per heavy atom. The summed E-state index contributed by atoms with van der Waals surface area (Å²) in [4.78, 5) is 22.1. The molecule has 1 aromatic rings. The number of hydrogen-bond donors (Lipinski definition) is 3. The van der Waals surface area contributed by atoms with Crippen molar-refractivity contribution in [2.45, 2.75) is 13.8 Å². The smallest absolute Gasteiger partial charge is 0.319 e. The van der Waals surface area contributed by atoms with E-state index in [0.717, 1.165) is 5.75 Å². The number of benzene rings is 1. The van der Waals surface area contributed by atoms with Crippen LogP contribution in [-0.2, 0) is 4.79 Å². The second kappa shape index (κ2) is 7.25. The molecular formula is C13H18N2O4. The summed E-state index contributed by atoms with van der Waals surface area (Å²) in [7, 11) is 0. The molecule has 1 aromatic carbocycles. The second-order valence-corrected chi connectivity index (χ2v) is 4.03. The van der Waals surface area contributed by atoms with Crippen LogP contribution in [0.25, 0.3) is 0 Å². The highest BCUT2D eigenvalue weighted by Gasteiger charge is 2.11. The number of ether oxygens (including phenoxy) is 1. The molecule has 0 saturated heterocycles. The van der Waals surface area contributed by atoms with Crippen LogP contribution in [0.5, 0.6) is 5.75 Å². The number of hydrogen-bond acceptors (Lipinski definition) is 3. The van der Waals surface area contributed by atoms with Crippen LogP contribution in [0.1, 0.15) is 13.8 Å². The van der Waals surface area contributed by atoms with Gasteiger partial charge < -0.3 is 20.5 Å². The first-order chi connectivity index (χ1) is 9.02. The van der Waals surface area contributed by atoms with Crippen molar-refractivity contribution in [3.05, 3.63) is 24.3 Å². The summed E-state index contributed by atoms with van der Waals surface area (Å²) in [6.45, 7) is 4.08. The topological polar surface area (TPSA) is 87.7 Å². The molecule has 3 N–H and O–H groups in total. The van der Waals surface area contributed by atoms with Crippen LogP contribution in [0.2, 0.25) is 0 Å². The summed E-state index contributed by atoms with van der Waals surface area (Å²) >= 11 is 0. The Morgan fingerprint density at radius 2 is 1.95 bits per heavy atom. The monoisotopic (exact) mass is 266 g/mol. The molecule has 6 heteroatoms. The molecule has 1 atom stereocenters. The van der Waals surface area contributed by atoms with E-state index in [2.05, 4.69) is 10.6 Å². The van der Waals surface area contributed by atoms with Crippen LogP contribution in [0.4, 0.5) is 10.5 Å². The van der Waals surface area contributed by atoms with Crippen molar-refractivity contribution >= 4 is 17.7 Å². The number of carboxylic acids is 1. The Balaban J connectivity index is 2.41. The summed E-state index contributed by atoms with van der Waals surface area (Å²) in [5.74, 6) is -0.833. The molecule has 0 heterocycles. The number of carbonyl (C=O) groups is 2. The molecule has 0 spiro atoms. The lowest BCUT2D eigenvalue weighted by Gasteiger charge is -2.10. The van der Waals surface area contributed by atoms with Gasteiger partial charge in [0.25, 0.3) is 0 Å². The number of amides is 2. The van der Waals surface area contributed by atoms with E-state index in [1.165, 1.54) is 6.92 Å². The Bertz CT molecular complexity index is 431. The first kappa shape index (κ1) is 14.8. The van der Waals surface area contributed by atoms with Gasteiger partial charge in [-0.05, 0) is 31.2 Å². The number of carboxylic acid groups (broad SMARTS) is 1. The molecule has 0 aliphatic heterocycles. The number of nitrogens with one attached hydrogen (secondary N) is 2. The third kappa shape index (κ3) is 5.29. The standard InChI is InChI=1S/C13H18N2O4/c1-3-19-11-6-4-10(5-7-11)15-13(18)14-8-9(2)12(16)17/h4-7,9H,3,8H2,1-2H3,(H,16,17)(H2,14,15,18). The van der Waals surface area contributed by atoms with E-state index in [4.69, 9.17) is 9.84 Å². The molecule has 6 nitrogen and oxygen atoms in total. The molecule has 104 valence electrons. The largest absolute Gasteiger partial charge is 0.494 e. The van der Waals surface area contributed by atoms with Crippen LogP contribution in [0, 0.1) is 5.92 Å². The zero-order valence-corrected chi connectivity index (χ0v) is 11.0. The van der Waals surface area contributed by atoms with Gasteiger partial charge in [-0.1, -0.05) is 6.92 Å². The van der Waals surface area contributed by atoms with E-state index >= 15 is 0 Å². The zero-order chi connectivity index (χ0) is 14.3. The van der Waals surface area contributed by atoms with Crippen molar-refractivity contribution < 1.29 is 19.4 Å². The maximum Gasteiger partial charge on any atom is 0.319 e. The fraction of sp³-hybridized carbons (Fsp3) is 0.385. The average molecular weight is 266 g/mol. The molecular weight excluding hydrogens is 248 g/mol. The molecule has 0 saturated carbocycles. The van der Waals surface area contributed by atoms with Crippen LogP contribution in [-0.4, -0.2) is 30.3 Å². The maximum absolute atomic E-state index is 11.5. The lowest BCUT2D eigenvalue weighted by molar-refractivity contribution is -0.140. The van der Waals surface area contributed by atoms with Crippen LogP contribution in [0.3, 0.4) is 0 Å². The average Bonchev–Trinajstić information content (AvgIpc) is 2.38. The highest BCUT2D eigenvalue weighted by atomic mass is 16.5. The first-order valence-electron chi connectivity index (χ1n) is 6.03. The summed E-state index contributed by atoms with van der Waals surface area (Å²) in [5.41, 5.74) is 0.615. The summed E-state index contributed by atoms with van der Waals surface area (Å²) in [6, 6.07) is 6.49. The maximum atomic E-state index is 11.5. The fourth-order valence-corrected chi connectivity index (χ4v) is 1.31. The van der Waals surface area contributed by atoms with Crippen molar-refractivity contribution in [1.29, 1.82) is 0 Å². The SMILES string of the molecule is CCOc1ccc(NC(=O)NCC(C)C(=O)O)cc1. The van der Waals surface area contributed by atoms with Gasteiger partial charge in [0, 0.05) is 12.2 Å². The minimum absolute atomic E-state index is 0.0815. The lowest BCUT2D eigenvalue weighted by Crippen LogP contribution is -2.34. The third-order valence-corrected chi connectivity index (χ3v) is 2.41. The van der Waals surface area contributed by atoms with E-state index in [0.29, 0.717) is 12.3 Å². The molecule has 0 aromatic heterocycles. The minimum Gasteiger partial charge on any atom is -0.494 e. The van der Waals surface area contributed by atoms with Crippen molar-refractivity contribution in [3.63, 3.8) is 0 Å². The Labute approximate surface area is 111 Å². The van der Waals surface area contributed by atoms with E-state index in [1.807, 2.05) is 6.92 Å². The van der Waals surface area contributed by atoms with Gasteiger partial charge in [-0.15, -0.1) is 0 Å². The van der Waals surface area contributed by atoms with E-state index in [1.54, 1.807) is 24.3 Å². The number of carbonyl (C=O) groups excluding carboxylic acids is 1. The van der Waals surface area contributed by atoms with Gasteiger partial charge in [-0.2, -0.15) is 0 Å². The van der Waals surface area contributed by atoms with Gasteiger partial charge in [0.15, 0.2) is 0 Å². The Kier molecular flexibility index (Phi) is 5.66. The van der Waals surface area contributed by atoms with E-state index in [-0.39, 0.29) is 6.54 Å². The van der Waals surface area contributed by atoms with Crippen molar-refractivity contribution in [3.8, 4) is 5.75 Å². The predicted molar refractivity (Wildman–Crippen MR) is 71.4 cm³/mol. The normalized spacial score (nSPS) is 11.5. The second-order valence-electron chi connectivity index (χ2n) is 4.03. The van der Waals surface area contributed by atoms with Crippen molar-refractivity contribution in [2.24, 2.45) is 5.92 Å². The van der Waals surface area contributed by atoms with Crippen LogP contribution in [0.15, 0.2) is 24.3 Å². The highest BCUT2D eigenvalue weighted by Crippen LogP contribution is 2.15. The molecule has 19 heavy (non-hydrogen) atoms. The number of aliphatic carboxylic acids is 1. The molecule has 0 bridgehead atoms. The molecule has 0 fully saturated rings. The van der Waals surface area contributed by atoms with Gasteiger partial charge in [0.05, 0.1) is 12.5 Å². The lowest BCUT2D eigenvalue weighted by atomic mass is 10.2. The number of urea groups is 1. The quantitative estimate of drug-likeness (QED) is 0.734. The first-order valence-corrected chi connectivity index (χ1v) is 6.03. The summed E-state index contributed by atoms with van der Waals surface area (Å²) < 4.78 is 5.28. The van der Waals surface area contributed by atoms with Gasteiger partial charge in [0.1, 0.15) is 5.75 Å². The molecule has 1 rings (SSSR count). The van der Waals surface area contributed by atoms with Crippen LogP contribution >= 0.6 is 0 Å². The Morgan fingerprint density at radius 3 is 2.47 bits per heavy atom. The molecule has 2 amide bonds. The van der Waals surface area contributed by atoms with Crippen LogP contribution < -0.4 is 15.4 Å². The van der Waals surface area contributed by atoms with E-state index < -0.39 is 17.9 Å². The van der Waals surface area contributed by atoms with Gasteiger partial charge >= 0.3 is 12.0 Å². The fourth-order valence-electron chi connectivity index (χ4n) is 1.31. The third-order valence-electron chi connectivity index (χ3n) is 2.41. The van der Waals surface area contributed by atoms with Gasteiger partial charge in [0.2, 0.25) is 0 Å². The van der Waals surface area contributed by atoms with E-state index in [9.17, 15) is 9.59 Å². The Hall–Kier alpha value is -2.24. The van der Waals surface area contributed by atoms with Crippen molar-refractivity contribution in [2.75, 3.05) is 18.5 Å². The molecule has 0 aliphatic carbocycles. The van der Waals surface area contributed by atoms with Crippen molar-refractivity contribution in [1.82, 2.24) is 5.32 Å². The number of rotatable bonds is 6. The molecule has 0 radical (unpaired) electrons. The van der Waals surface area contributed by atoms with Gasteiger partial charge in [-0.25, -0.2) is 4.79 Å². The highest BCUT2D eigenvalue weighted by molar-refractivity contribution is 5.89. The number of anilines is 1. The molecule has 0 aliphatic rings. The summed E-state index contributed by atoms with van der Waals surface area (Å²) in [5, 5.41) is 13.8. The summed E-state index contributed by atoms with van der Waals surface area (Å²) in [6.07, 6.45) is 0. The molecule has 1 unspecified atom stereocenters. The predicted octanol–water partition coefficient (Wildman–Crippen LogP) is 1.93.